The van der Waals surface area contributed by atoms with Crippen LogP contribution in [0.5, 0.6) is 0 Å². The van der Waals surface area contributed by atoms with E-state index in [4.69, 9.17) is 0 Å². The molecule has 0 radical (unpaired) electrons. The Hall–Kier alpha value is -0.0800. The Morgan fingerprint density at radius 2 is 1.67 bits per heavy atom. The maximum Gasteiger partial charge on any atom is 0.236 e. The molecular weight excluding hydrogens is 391 g/mol. The van der Waals surface area contributed by atoms with Gasteiger partial charge in [-0.1, -0.05) is 6.07 Å². The monoisotopic (exact) mass is 416 g/mol. The summed E-state index contributed by atoms with van der Waals surface area (Å²) in [7, 11) is 0. The van der Waals surface area contributed by atoms with Gasteiger partial charge in [-0.25, -0.2) is 0 Å². The summed E-state index contributed by atoms with van der Waals surface area (Å²) in [6.07, 6.45) is 0. The zero-order valence-corrected chi connectivity index (χ0v) is 17.0. The molecule has 1 amide bonds. The third kappa shape index (κ3) is 7.04. The summed E-state index contributed by atoms with van der Waals surface area (Å²) >= 11 is 1.81. The fraction of sp³-hybridized carbons (Fsp3) is 0.667. The Morgan fingerprint density at radius 3 is 2.25 bits per heavy atom. The van der Waals surface area contributed by atoms with Gasteiger partial charge in [-0.15, -0.1) is 48.6 Å². The van der Waals surface area contributed by atoms with Crippen molar-refractivity contribution in [1.29, 1.82) is 0 Å². The van der Waals surface area contributed by atoms with Crippen molar-refractivity contribution >= 4 is 54.5 Å². The lowest BCUT2D eigenvalue weighted by Gasteiger charge is -2.36. The second kappa shape index (κ2) is 12.3. The van der Waals surface area contributed by atoms with Crippen molar-refractivity contribution in [2.75, 3.05) is 58.9 Å². The van der Waals surface area contributed by atoms with Gasteiger partial charge in [-0.3, -0.25) is 14.6 Å². The van der Waals surface area contributed by atoms with E-state index in [0.29, 0.717) is 12.5 Å². The van der Waals surface area contributed by atoms with Gasteiger partial charge in [-0.05, 0) is 11.4 Å². The van der Waals surface area contributed by atoms with Crippen molar-refractivity contribution in [3.8, 4) is 0 Å². The SMILES string of the molecule is Cl.Cl.Cl.O=C(CN1CCNCC1)N1CCN(Cc2cccs2)CC1. The van der Waals surface area contributed by atoms with Crippen molar-refractivity contribution in [3.05, 3.63) is 22.4 Å². The summed E-state index contributed by atoms with van der Waals surface area (Å²) in [4.78, 5) is 20.5. The normalized spacial score (nSPS) is 18.9. The van der Waals surface area contributed by atoms with E-state index >= 15 is 0 Å². The predicted molar refractivity (Wildman–Crippen MR) is 107 cm³/mol. The van der Waals surface area contributed by atoms with Crippen molar-refractivity contribution < 1.29 is 4.79 Å². The van der Waals surface area contributed by atoms with Crippen LogP contribution in [0.1, 0.15) is 4.88 Å². The van der Waals surface area contributed by atoms with Gasteiger partial charge in [0.1, 0.15) is 0 Å². The minimum absolute atomic E-state index is 0. The highest BCUT2D eigenvalue weighted by Gasteiger charge is 2.23. The Morgan fingerprint density at radius 1 is 1.00 bits per heavy atom. The zero-order chi connectivity index (χ0) is 14.5. The number of thiophene rings is 1. The van der Waals surface area contributed by atoms with Crippen LogP contribution in [0, 0.1) is 0 Å². The van der Waals surface area contributed by atoms with Crippen LogP contribution < -0.4 is 5.32 Å². The molecule has 1 aromatic heterocycles. The predicted octanol–water partition coefficient (Wildman–Crippen LogP) is 1.56. The number of hydrogen-bond donors (Lipinski definition) is 1. The molecule has 5 nitrogen and oxygen atoms in total. The highest BCUT2D eigenvalue weighted by molar-refractivity contribution is 7.09. The fourth-order valence-corrected chi connectivity index (χ4v) is 3.69. The first-order valence-corrected chi connectivity index (χ1v) is 8.65. The highest BCUT2D eigenvalue weighted by Crippen LogP contribution is 2.13. The van der Waals surface area contributed by atoms with Gasteiger partial charge in [0.2, 0.25) is 5.91 Å². The molecule has 0 aliphatic carbocycles. The lowest BCUT2D eigenvalue weighted by atomic mass is 10.2. The molecule has 0 saturated carbocycles. The van der Waals surface area contributed by atoms with Gasteiger partial charge in [-0.2, -0.15) is 0 Å². The van der Waals surface area contributed by atoms with Crippen LogP contribution in [0.4, 0.5) is 0 Å². The summed E-state index contributed by atoms with van der Waals surface area (Å²) in [5.74, 6) is 0.299. The minimum Gasteiger partial charge on any atom is -0.339 e. The smallest absolute Gasteiger partial charge is 0.236 e. The fourth-order valence-electron chi connectivity index (χ4n) is 2.94. The summed E-state index contributed by atoms with van der Waals surface area (Å²) < 4.78 is 0. The van der Waals surface area contributed by atoms with Crippen LogP contribution in [0.2, 0.25) is 0 Å². The molecule has 140 valence electrons. The van der Waals surface area contributed by atoms with Gasteiger partial charge >= 0.3 is 0 Å². The van der Waals surface area contributed by atoms with Crippen molar-refractivity contribution in [2.24, 2.45) is 0 Å². The first kappa shape index (κ1) is 23.9. The topological polar surface area (TPSA) is 38.8 Å². The van der Waals surface area contributed by atoms with Crippen LogP contribution in [-0.2, 0) is 11.3 Å². The van der Waals surface area contributed by atoms with Gasteiger partial charge in [0.15, 0.2) is 0 Å². The average Bonchev–Trinajstić information content (AvgIpc) is 3.02. The number of nitrogens with one attached hydrogen (secondary N) is 1. The lowest BCUT2D eigenvalue weighted by molar-refractivity contribution is -0.134. The molecule has 3 heterocycles. The minimum atomic E-state index is 0. The molecule has 2 aliphatic rings. The Balaban J connectivity index is 0.00000176. The van der Waals surface area contributed by atoms with Crippen molar-refractivity contribution in [2.45, 2.75) is 6.54 Å². The molecule has 0 bridgehead atoms. The molecule has 0 aromatic carbocycles. The van der Waals surface area contributed by atoms with E-state index in [1.54, 1.807) is 0 Å². The molecule has 24 heavy (non-hydrogen) atoms. The number of amides is 1. The molecule has 1 N–H and O–H groups in total. The first-order valence-electron chi connectivity index (χ1n) is 7.77. The van der Waals surface area contributed by atoms with Crippen LogP contribution >= 0.6 is 48.6 Å². The van der Waals surface area contributed by atoms with Gasteiger partial charge in [0.05, 0.1) is 6.54 Å². The Kier molecular flexibility index (Phi) is 12.3. The summed E-state index contributed by atoms with van der Waals surface area (Å²) in [6, 6.07) is 4.29. The second-order valence-electron chi connectivity index (χ2n) is 5.76. The molecule has 1 aromatic rings. The molecule has 0 unspecified atom stereocenters. The van der Waals surface area contributed by atoms with E-state index in [1.807, 2.05) is 16.2 Å². The molecule has 2 saturated heterocycles. The van der Waals surface area contributed by atoms with E-state index in [1.165, 1.54) is 4.88 Å². The number of hydrogen-bond acceptors (Lipinski definition) is 5. The van der Waals surface area contributed by atoms with E-state index in [0.717, 1.165) is 58.9 Å². The number of nitrogens with zero attached hydrogens (tertiary/aromatic N) is 3. The number of carbonyl (C=O) groups excluding carboxylic acids is 1. The zero-order valence-electron chi connectivity index (χ0n) is 13.7. The molecule has 0 atom stereocenters. The Labute approximate surface area is 167 Å². The Bertz CT molecular complexity index is 450. The lowest BCUT2D eigenvalue weighted by Crippen LogP contribution is -2.53. The summed E-state index contributed by atoms with van der Waals surface area (Å²) in [6.45, 7) is 9.32. The van der Waals surface area contributed by atoms with Crippen LogP contribution in [0.3, 0.4) is 0 Å². The molecule has 3 rings (SSSR count). The summed E-state index contributed by atoms with van der Waals surface area (Å²) in [5, 5.41) is 5.45. The third-order valence-electron chi connectivity index (χ3n) is 4.25. The average molecular weight is 418 g/mol. The van der Waals surface area contributed by atoms with Crippen LogP contribution in [0.15, 0.2) is 17.5 Å². The standard InChI is InChI=1S/C15H24N4OS.3ClH/c20-15(13-17-5-3-16-4-6-17)19-9-7-18(8-10-19)12-14-2-1-11-21-14;;;/h1-2,11,16H,3-10,12-13H2;3*1H. The highest BCUT2D eigenvalue weighted by atomic mass is 35.5. The van der Waals surface area contributed by atoms with Crippen molar-refractivity contribution in [1.82, 2.24) is 20.0 Å². The van der Waals surface area contributed by atoms with Gasteiger partial charge < -0.3 is 10.2 Å². The van der Waals surface area contributed by atoms with Crippen LogP contribution in [0.25, 0.3) is 0 Å². The number of piperazine rings is 2. The number of halogens is 3. The second-order valence-corrected chi connectivity index (χ2v) is 6.79. The maximum atomic E-state index is 12.3. The first-order chi connectivity index (χ1) is 10.3. The largest absolute Gasteiger partial charge is 0.339 e. The van der Waals surface area contributed by atoms with Gasteiger partial charge in [0.25, 0.3) is 0 Å². The molecule has 2 aliphatic heterocycles. The molecule has 2 fully saturated rings. The third-order valence-corrected chi connectivity index (χ3v) is 5.11. The van der Waals surface area contributed by atoms with Gasteiger partial charge in [0, 0.05) is 63.8 Å². The van der Waals surface area contributed by atoms with E-state index in [9.17, 15) is 4.79 Å². The van der Waals surface area contributed by atoms with Crippen molar-refractivity contribution in [3.63, 3.8) is 0 Å². The van der Waals surface area contributed by atoms with E-state index < -0.39 is 0 Å². The molecule has 0 spiro atoms. The van der Waals surface area contributed by atoms with E-state index in [2.05, 4.69) is 32.6 Å². The van der Waals surface area contributed by atoms with Crippen LogP contribution in [-0.4, -0.2) is 79.5 Å². The molecular formula is C15H27Cl3N4OS. The number of rotatable bonds is 4. The van der Waals surface area contributed by atoms with E-state index in [-0.39, 0.29) is 37.2 Å². The quantitative estimate of drug-likeness (QED) is 0.807. The molecule has 9 heteroatoms. The number of carbonyl (C=O) groups is 1. The summed E-state index contributed by atoms with van der Waals surface area (Å²) in [5.41, 5.74) is 0. The maximum absolute atomic E-state index is 12.3.